The Morgan fingerprint density at radius 2 is 2.13 bits per heavy atom. The number of nitrogens with zero attached hydrogens (tertiary/aromatic N) is 2. The number of aromatic nitrogens is 2. The topological polar surface area (TPSA) is 101 Å². The molecule has 0 fully saturated rings. The van der Waals surface area contributed by atoms with Crippen molar-refractivity contribution in [2.75, 3.05) is 18.2 Å². The molecule has 23 heavy (non-hydrogen) atoms. The first-order valence-electron chi connectivity index (χ1n) is 6.75. The number of hydrogen-bond donors (Lipinski definition) is 2. The van der Waals surface area contributed by atoms with Gasteiger partial charge in [-0.05, 0) is 24.6 Å². The van der Waals surface area contributed by atoms with Gasteiger partial charge in [-0.15, -0.1) is 0 Å². The zero-order valence-electron chi connectivity index (χ0n) is 12.4. The molecule has 2 aromatic rings. The van der Waals surface area contributed by atoms with Gasteiger partial charge in [0.05, 0.1) is 16.7 Å². The average Bonchev–Trinajstić information content (AvgIpc) is 2.92. The Morgan fingerprint density at radius 3 is 2.78 bits per heavy atom. The molecule has 0 bridgehead atoms. The minimum absolute atomic E-state index is 0.0268. The van der Waals surface area contributed by atoms with Crippen molar-refractivity contribution < 1.29 is 18.3 Å². The summed E-state index contributed by atoms with van der Waals surface area (Å²) in [5.74, 6) is -0.429. The van der Waals surface area contributed by atoms with Crippen molar-refractivity contribution in [3.63, 3.8) is 0 Å². The number of aryl methyl sites for hydroxylation is 1. The van der Waals surface area contributed by atoms with E-state index < -0.39 is 15.7 Å². The molecule has 0 radical (unpaired) electrons. The first-order valence-corrected chi connectivity index (χ1v) is 9.02. The van der Waals surface area contributed by atoms with Gasteiger partial charge in [-0.1, -0.05) is 11.6 Å². The third-order valence-electron chi connectivity index (χ3n) is 3.00. The number of amides is 1. The number of rotatable bonds is 6. The first kappa shape index (κ1) is 17.5. The van der Waals surface area contributed by atoms with Crippen LogP contribution in [-0.4, -0.2) is 42.1 Å². The van der Waals surface area contributed by atoms with Crippen LogP contribution in [-0.2, 0) is 16.4 Å². The summed E-state index contributed by atoms with van der Waals surface area (Å²) < 4.78 is 24.7. The number of nitrogens with one attached hydrogen (secondary N) is 1. The van der Waals surface area contributed by atoms with Crippen molar-refractivity contribution in [2.45, 2.75) is 17.9 Å². The molecule has 0 saturated heterocycles. The maximum atomic E-state index is 12.2. The second-order valence-corrected chi connectivity index (χ2v) is 7.42. The van der Waals surface area contributed by atoms with E-state index in [1.54, 1.807) is 10.9 Å². The molecule has 0 unspecified atom stereocenters. The van der Waals surface area contributed by atoms with Crippen LogP contribution < -0.4 is 5.32 Å². The maximum Gasteiger partial charge on any atom is 0.258 e. The van der Waals surface area contributed by atoms with Gasteiger partial charge in [0.25, 0.3) is 5.91 Å². The normalized spacial score (nSPS) is 11.4. The minimum Gasteiger partial charge on any atom is -0.396 e. The predicted molar refractivity (Wildman–Crippen MR) is 86.4 cm³/mol. The Kier molecular flexibility index (Phi) is 5.40. The highest BCUT2D eigenvalue weighted by molar-refractivity contribution is 7.90. The molecule has 0 atom stereocenters. The van der Waals surface area contributed by atoms with E-state index in [2.05, 4.69) is 10.4 Å². The number of hydrogen-bond acceptors (Lipinski definition) is 5. The molecule has 1 aromatic heterocycles. The van der Waals surface area contributed by atoms with Crippen LogP contribution in [0.15, 0.2) is 35.5 Å². The van der Waals surface area contributed by atoms with E-state index in [1.165, 1.54) is 24.4 Å². The van der Waals surface area contributed by atoms with Gasteiger partial charge in [-0.25, -0.2) is 8.42 Å². The molecule has 2 rings (SSSR count). The van der Waals surface area contributed by atoms with E-state index in [4.69, 9.17) is 16.7 Å². The molecule has 2 N–H and O–H groups in total. The fourth-order valence-corrected chi connectivity index (χ4v) is 2.87. The highest BCUT2D eigenvalue weighted by Gasteiger charge is 2.13. The Labute approximate surface area is 138 Å². The number of sulfone groups is 1. The number of halogens is 1. The molecular formula is C14H16ClN3O4S. The number of anilines is 1. The first-order chi connectivity index (χ1) is 10.8. The van der Waals surface area contributed by atoms with Crippen molar-refractivity contribution in [1.82, 2.24) is 9.78 Å². The number of benzene rings is 1. The van der Waals surface area contributed by atoms with Gasteiger partial charge in [0.15, 0.2) is 9.84 Å². The predicted octanol–water partition coefficient (Wildman–Crippen LogP) is 1.57. The van der Waals surface area contributed by atoms with Crippen LogP contribution in [0.1, 0.15) is 16.8 Å². The third kappa shape index (κ3) is 4.78. The van der Waals surface area contributed by atoms with E-state index >= 15 is 0 Å². The van der Waals surface area contributed by atoms with Crippen molar-refractivity contribution in [3.8, 4) is 0 Å². The monoisotopic (exact) mass is 357 g/mol. The lowest BCUT2D eigenvalue weighted by Crippen LogP contribution is -2.12. The molecule has 124 valence electrons. The Hall–Kier alpha value is -1.90. The van der Waals surface area contributed by atoms with Crippen LogP contribution in [0.4, 0.5) is 5.69 Å². The summed E-state index contributed by atoms with van der Waals surface area (Å²) in [6.07, 6.45) is 4.55. The fourth-order valence-electron chi connectivity index (χ4n) is 1.89. The molecule has 0 saturated carbocycles. The van der Waals surface area contributed by atoms with E-state index in [1.807, 2.05) is 0 Å². The molecule has 1 amide bonds. The van der Waals surface area contributed by atoms with Gasteiger partial charge in [-0.2, -0.15) is 5.10 Å². The standard InChI is InChI=1S/C14H16ClN3O4S/c1-23(21,22)13-6-11(15)5-12(7-13)17-14(20)10-8-16-18(9-10)3-2-4-19/h5-9,19H,2-4H2,1H3,(H,17,20). The summed E-state index contributed by atoms with van der Waals surface area (Å²) in [4.78, 5) is 12.2. The van der Waals surface area contributed by atoms with Gasteiger partial charge in [0.1, 0.15) is 0 Å². The molecule has 0 aliphatic rings. The Morgan fingerprint density at radius 1 is 1.39 bits per heavy atom. The second kappa shape index (κ2) is 7.12. The smallest absolute Gasteiger partial charge is 0.258 e. The number of carbonyl (C=O) groups is 1. The lowest BCUT2D eigenvalue weighted by molar-refractivity contribution is 0.102. The van der Waals surface area contributed by atoms with E-state index in [0.717, 1.165) is 6.26 Å². The van der Waals surface area contributed by atoms with Crippen LogP contribution in [0.5, 0.6) is 0 Å². The summed E-state index contributed by atoms with van der Waals surface area (Å²) >= 11 is 5.89. The summed E-state index contributed by atoms with van der Waals surface area (Å²) in [6.45, 7) is 0.539. The zero-order chi connectivity index (χ0) is 17.0. The average molecular weight is 358 g/mol. The highest BCUT2D eigenvalue weighted by Crippen LogP contribution is 2.22. The third-order valence-corrected chi connectivity index (χ3v) is 4.31. The number of carbonyl (C=O) groups excluding carboxylic acids is 1. The van der Waals surface area contributed by atoms with Gasteiger partial charge in [-0.3, -0.25) is 9.48 Å². The van der Waals surface area contributed by atoms with Gasteiger partial charge < -0.3 is 10.4 Å². The molecule has 9 heteroatoms. The zero-order valence-corrected chi connectivity index (χ0v) is 13.9. The van der Waals surface area contributed by atoms with Gasteiger partial charge in [0.2, 0.25) is 0 Å². The van der Waals surface area contributed by atoms with Crippen LogP contribution in [0.2, 0.25) is 5.02 Å². The lowest BCUT2D eigenvalue weighted by Gasteiger charge is -2.07. The second-order valence-electron chi connectivity index (χ2n) is 4.97. The summed E-state index contributed by atoms with van der Waals surface area (Å²) in [6, 6.07) is 4.12. The SMILES string of the molecule is CS(=O)(=O)c1cc(Cl)cc(NC(=O)c2cnn(CCCO)c2)c1. The van der Waals surface area contributed by atoms with Gasteiger partial charge in [0, 0.05) is 36.3 Å². The largest absolute Gasteiger partial charge is 0.396 e. The molecule has 0 aliphatic heterocycles. The molecule has 1 aromatic carbocycles. The minimum atomic E-state index is -3.43. The van der Waals surface area contributed by atoms with Crippen LogP contribution in [0, 0.1) is 0 Å². The van der Waals surface area contributed by atoms with Crippen LogP contribution in [0.3, 0.4) is 0 Å². The van der Waals surface area contributed by atoms with Crippen molar-refractivity contribution in [3.05, 3.63) is 41.2 Å². The molecule has 1 heterocycles. The molecular weight excluding hydrogens is 342 g/mol. The Balaban J connectivity index is 2.17. The quantitative estimate of drug-likeness (QED) is 0.817. The molecule has 7 nitrogen and oxygen atoms in total. The number of aliphatic hydroxyl groups excluding tert-OH is 1. The van der Waals surface area contributed by atoms with Crippen molar-refractivity contribution in [1.29, 1.82) is 0 Å². The lowest BCUT2D eigenvalue weighted by atomic mass is 10.3. The molecule has 0 aliphatic carbocycles. The summed E-state index contributed by atoms with van der Waals surface area (Å²) in [5, 5.41) is 15.6. The van der Waals surface area contributed by atoms with Crippen LogP contribution in [0.25, 0.3) is 0 Å². The Bertz CT molecular complexity index is 817. The van der Waals surface area contributed by atoms with E-state index in [0.29, 0.717) is 18.5 Å². The maximum absolute atomic E-state index is 12.2. The number of aliphatic hydroxyl groups is 1. The van der Waals surface area contributed by atoms with E-state index in [-0.39, 0.29) is 22.2 Å². The highest BCUT2D eigenvalue weighted by atomic mass is 35.5. The summed E-state index contributed by atoms with van der Waals surface area (Å²) in [7, 11) is -3.43. The fraction of sp³-hybridized carbons (Fsp3) is 0.286. The van der Waals surface area contributed by atoms with E-state index in [9.17, 15) is 13.2 Å². The van der Waals surface area contributed by atoms with Gasteiger partial charge >= 0.3 is 0 Å². The van der Waals surface area contributed by atoms with Crippen molar-refractivity contribution in [2.24, 2.45) is 0 Å². The van der Waals surface area contributed by atoms with Crippen LogP contribution >= 0.6 is 11.6 Å². The molecule has 0 spiro atoms. The van der Waals surface area contributed by atoms with Crippen molar-refractivity contribution >= 4 is 33.0 Å². The summed E-state index contributed by atoms with van der Waals surface area (Å²) in [5.41, 5.74) is 0.606.